The van der Waals surface area contributed by atoms with Gasteiger partial charge in [0.25, 0.3) is 0 Å². The average molecular weight is 490 g/mol. The predicted octanol–water partition coefficient (Wildman–Crippen LogP) is 5.65. The van der Waals surface area contributed by atoms with E-state index < -0.39 is 61.7 Å². The molecule has 0 saturated heterocycles. The van der Waals surface area contributed by atoms with Crippen molar-refractivity contribution in [2.45, 2.75) is 50.4 Å². The lowest BCUT2D eigenvalue weighted by Gasteiger charge is -2.34. The van der Waals surface area contributed by atoms with Crippen LogP contribution in [0.3, 0.4) is 0 Å². The summed E-state index contributed by atoms with van der Waals surface area (Å²) < 4.78 is 122. The van der Waals surface area contributed by atoms with E-state index in [1.165, 1.54) is 5.32 Å². The minimum Gasteiger partial charge on any atom is -0.494 e. The quantitative estimate of drug-likeness (QED) is 0.504. The highest BCUT2D eigenvalue weighted by Crippen LogP contribution is 2.39. The Morgan fingerprint density at radius 1 is 1.16 bits per heavy atom. The molecule has 0 saturated carbocycles. The Labute approximate surface area is 175 Å². The van der Waals surface area contributed by atoms with Crippen molar-refractivity contribution in [3.05, 3.63) is 23.0 Å². The monoisotopic (exact) mass is 489 g/mol. The van der Waals surface area contributed by atoms with Crippen molar-refractivity contribution in [1.29, 1.82) is 0 Å². The minimum atomic E-state index is -5.32. The Morgan fingerprint density at radius 2 is 1.74 bits per heavy atom. The van der Waals surface area contributed by atoms with Gasteiger partial charge in [-0.25, -0.2) is 4.79 Å². The number of methoxy groups -OCH3 is 1. The van der Waals surface area contributed by atoms with Gasteiger partial charge in [-0.2, -0.15) is 39.5 Å². The maximum atomic E-state index is 13.7. The summed E-state index contributed by atoms with van der Waals surface area (Å²) in [6.07, 6.45) is -18.2. The molecule has 0 fully saturated rings. The fraction of sp³-hybridized carbons (Fsp3) is 0.625. The summed E-state index contributed by atoms with van der Waals surface area (Å²) in [4.78, 5) is 15.7. The Morgan fingerprint density at radius 3 is 2.13 bits per heavy atom. The number of nitrogens with one attached hydrogen (secondary N) is 1. The van der Waals surface area contributed by atoms with Gasteiger partial charge < -0.3 is 15.0 Å². The third-order valence-corrected chi connectivity index (χ3v) is 4.27. The van der Waals surface area contributed by atoms with Crippen LogP contribution in [0, 0.1) is 0 Å². The number of nitrogens with zero attached hydrogens (tertiary/aromatic N) is 2. The Balaban J connectivity index is 3.25. The van der Waals surface area contributed by atoms with Crippen LogP contribution in [0.15, 0.2) is 12.3 Å². The van der Waals surface area contributed by atoms with Crippen molar-refractivity contribution in [3.8, 4) is 5.75 Å². The van der Waals surface area contributed by atoms with Crippen molar-refractivity contribution in [3.63, 3.8) is 0 Å². The second-order valence-electron chi connectivity index (χ2n) is 6.17. The zero-order chi connectivity index (χ0) is 24.2. The highest BCUT2D eigenvalue weighted by molar-refractivity contribution is 6.32. The largest absolute Gasteiger partial charge is 0.494 e. The van der Waals surface area contributed by atoms with Gasteiger partial charge in [-0.3, -0.25) is 4.98 Å². The van der Waals surface area contributed by atoms with Crippen LogP contribution in [0.2, 0.25) is 5.02 Å². The normalized spacial score (nSPS) is 14.7. The van der Waals surface area contributed by atoms with E-state index in [-0.39, 0.29) is 15.7 Å². The number of rotatable bonds is 7. The highest BCUT2D eigenvalue weighted by atomic mass is 35.5. The van der Waals surface area contributed by atoms with Gasteiger partial charge in [-0.05, 0) is 19.4 Å². The third kappa shape index (κ3) is 7.82. The van der Waals surface area contributed by atoms with Gasteiger partial charge in [0.15, 0.2) is 11.8 Å². The summed E-state index contributed by atoms with van der Waals surface area (Å²) in [5, 5.41) is 0.908. The van der Waals surface area contributed by atoms with Crippen LogP contribution in [0.5, 0.6) is 5.75 Å². The maximum absolute atomic E-state index is 13.7. The van der Waals surface area contributed by atoms with Gasteiger partial charge in [-0.15, -0.1) is 0 Å². The molecular weight excluding hydrogens is 473 g/mol. The zero-order valence-corrected chi connectivity index (χ0v) is 16.7. The predicted molar refractivity (Wildman–Crippen MR) is 90.6 cm³/mol. The summed E-state index contributed by atoms with van der Waals surface area (Å²) in [5.74, 6) is -0.0943. The molecule has 0 aromatic carbocycles. The third-order valence-electron chi connectivity index (χ3n) is 3.97. The maximum Gasteiger partial charge on any atom is 0.414 e. The molecule has 0 aliphatic rings. The van der Waals surface area contributed by atoms with Crippen molar-refractivity contribution >= 4 is 17.6 Å². The first-order chi connectivity index (χ1) is 14.0. The number of alkyl halides is 9. The summed E-state index contributed by atoms with van der Waals surface area (Å²) in [6, 6.07) is -6.99. The molecule has 2 atom stereocenters. The summed E-state index contributed by atoms with van der Waals surface area (Å²) in [6.45, 7) is 0.299. The van der Waals surface area contributed by atoms with Gasteiger partial charge in [0.1, 0.15) is 6.04 Å². The zero-order valence-electron chi connectivity index (χ0n) is 15.9. The van der Waals surface area contributed by atoms with E-state index in [4.69, 9.17) is 16.3 Å². The van der Waals surface area contributed by atoms with E-state index in [0.29, 0.717) is 0 Å². The Kier molecular flexibility index (Phi) is 8.68. The molecule has 0 radical (unpaired) electrons. The molecule has 178 valence electrons. The number of carbonyl (C=O) groups is 1. The smallest absolute Gasteiger partial charge is 0.414 e. The molecule has 31 heavy (non-hydrogen) atoms. The standard InChI is InChI=1S/C16H17ClF9N3O2/c1-3-29(13(30)28-11(15(21,22)23)4-5-14(18,19)20)12(16(24,25)26)9-6-8(17)10(31-2)7-27-9/h6-7,11-12H,3-5H2,1-2H3,(H,28,30)/t11-,12-/m0/s1. The fourth-order valence-corrected chi connectivity index (χ4v) is 2.78. The summed E-state index contributed by atoms with van der Waals surface area (Å²) in [7, 11) is 1.16. The van der Waals surface area contributed by atoms with E-state index in [2.05, 4.69) is 4.98 Å². The number of hydrogen-bond acceptors (Lipinski definition) is 3. The highest BCUT2D eigenvalue weighted by Gasteiger charge is 2.49. The second kappa shape index (κ2) is 10.0. The van der Waals surface area contributed by atoms with Gasteiger partial charge in [0, 0.05) is 13.0 Å². The molecule has 0 spiro atoms. The lowest BCUT2D eigenvalue weighted by atomic mass is 10.1. The van der Waals surface area contributed by atoms with Crippen LogP contribution in [0.25, 0.3) is 0 Å². The first-order valence-electron chi connectivity index (χ1n) is 8.48. The number of carbonyl (C=O) groups excluding carboxylic acids is 1. The Hall–Kier alpha value is -2.12. The molecule has 1 heterocycles. The van der Waals surface area contributed by atoms with Crippen LogP contribution >= 0.6 is 11.6 Å². The van der Waals surface area contributed by atoms with Crippen molar-refractivity contribution in [1.82, 2.24) is 15.2 Å². The summed E-state index contributed by atoms with van der Waals surface area (Å²) in [5.41, 5.74) is -0.825. The summed E-state index contributed by atoms with van der Waals surface area (Å²) >= 11 is 5.77. The van der Waals surface area contributed by atoms with E-state index in [1.54, 1.807) is 0 Å². The molecular formula is C16H17ClF9N3O2. The SMILES string of the molecule is CCN(C(=O)N[C@@H](CCC(F)(F)F)C(F)(F)F)[C@@H](c1cc(Cl)c(OC)cn1)C(F)(F)F. The van der Waals surface area contributed by atoms with Crippen LogP contribution in [-0.2, 0) is 0 Å². The number of pyridine rings is 1. The van der Waals surface area contributed by atoms with E-state index in [1.807, 2.05) is 0 Å². The molecule has 15 heteroatoms. The molecule has 0 aliphatic heterocycles. The lowest BCUT2D eigenvalue weighted by Crippen LogP contribution is -2.53. The fourth-order valence-electron chi connectivity index (χ4n) is 2.54. The van der Waals surface area contributed by atoms with Crippen LogP contribution in [0.4, 0.5) is 44.3 Å². The molecule has 0 bridgehead atoms. The van der Waals surface area contributed by atoms with E-state index >= 15 is 0 Å². The second-order valence-corrected chi connectivity index (χ2v) is 6.58. The number of hydrogen-bond donors (Lipinski definition) is 1. The number of halogens is 10. The van der Waals surface area contributed by atoms with Gasteiger partial charge in [-0.1, -0.05) is 11.6 Å². The molecule has 1 N–H and O–H groups in total. The Bertz CT molecular complexity index is 753. The van der Waals surface area contributed by atoms with Crippen molar-refractivity contribution in [2.24, 2.45) is 0 Å². The molecule has 1 rings (SSSR count). The number of ether oxygens (including phenoxy) is 1. The molecule has 0 unspecified atom stereocenters. The molecule has 1 aromatic heterocycles. The van der Waals surface area contributed by atoms with Gasteiger partial charge in [0.05, 0.1) is 24.0 Å². The topological polar surface area (TPSA) is 54.5 Å². The minimum absolute atomic E-state index is 0.0303. The van der Waals surface area contributed by atoms with Crippen LogP contribution in [-0.4, -0.2) is 54.1 Å². The lowest BCUT2D eigenvalue weighted by molar-refractivity contribution is -0.182. The molecule has 0 aliphatic carbocycles. The molecule has 2 amide bonds. The number of urea groups is 1. The van der Waals surface area contributed by atoms with Gasteiger partial charge in [0.2, 0.25) is 0 Å². The average Bonchev–Trinajstić information content (AvgIpc) is 2.59. The van der Waals surface area contributed by atoms with Crippen LogP contribution in [0.1, 0.15) is 31.5 Å². The first-order valence-corrected chi connectivity index (χ1v) is 8.85. The van der Waals surface area contributed by atoms with E-state index in [9.17, 15) is 44.3 Å². The van der Waals surface area contributed by atoms with Crippen molar-refractivity contribution < 1.29 is 49.0 Å². The first kappa shape index (κ1) is 26.9. The van der Waals surface area contributed by atoms with Gasteiger partial charge >= 0.3 is 24.6 Å². The molecule has 5 nitrogen and oxygen atoms in total. The van der Waals surface area contributed by atoms with Crippen LogP contribution < -0.4 is 10.1 Å². The molecule has 1 aromatic rings. The number of aromatic nitrogens is 1. The van der Waals surface area contributed by atoms with E-state index in [0.717, 1.165) is 26.3 Å². The number of amides is 2. The van der Waals surface area contributed by atoms with Crippen molar-refractivity contribution in [2.75, 3.05) is 13.7 Å².